The van der Waals surface area contributed by atoms with Gasteiger partial charge in [-0.25, -0.2) is 28.3 Å². The van der Waals surface area contributed by atoms with Gasteiger partial charge in [0.2, 0.25) is 17.7 Å². The van der Waals surface area contributed by atoms with Gasteiger partial charge in [-0.15, -0.1) is 11.3 Å². The summed E-state index contributed by atoms with van der Waals surface area (Å²) in [5.74, 6) is -1.74. The van der Waals surface area contributed by atoms with Gasteiger partial charge in [0.05, 0.1) is 44.4 Å². The summed E-state index contributed by atoms with van der Waals surface area (Å²) in [5.41, 5.74) is 1.88. The van der Waals surface area contributed by atoms with E-state index in [0.717, 1.165) is 11.1 Å². The van der Waals surface area contributed by atoms with Crippen molar-refractivity contribution in [1.29, 1.82) is 0 Å². The van der Waals surface area contributed by atoms with Crippen LogP contribution in [0.5, 0.6) is 5.88 Å². The molecule has 4 aliphatic heterocycles. The van der Waals surface area contributed by atoms with Crippen LogP contribution in [-0.2, 0) is 19.0 Å². The third-order valence-electron chi connectivity index (χ3n) is 9.17. The zero-order valence-electron chi connectivity index (χ0n) is 26.1. The average Bonchev–Trinajstić information content (AvgIpc) is 3.86. The van der Waals surface area contributed by atoms with Crippen molar-refractivity contribution in [2.45, 2.75) is 43.6 Å². The van der Waals surface area contributed by atoms with E-state index in [0.29, 0.717) is 50.0 Å². The minimum absolute atomic E-state index is 0.00605. The Balaban J connectivity index is 1.20. The van der Waals surface area contributed by atoms with Gasteiger partial charge in [0, 0.05) is 32.3 Å². The van der Waals surface area contributed by atoms with Crippen LogP contribution in [0.15, 0.2) is 35.9 Å². The van der Waals surface area contributed by atoms with E-state index in [9.17, 15) is 23.5 Å². The molecular weight excluding hydrogens is 652 g/mol. The third-order valence-corrected chi connectivity index (χ3v) is 10.0. The lowest BCUT2D eigenvalue weighted by Gasteiger charge is -2.53. The molecular formula is C31H33F2N7O7S. The fourth-order valence-corrected chi connectivity index (χ4v) is 7.12. The second-order valence-corrected chi connectivity index (χ2v) is 12.9. The number of carboxylic acids is 1. The molecule has 0 saturated carbocycles. The predicted octanol–water partition coefficient (Wildman–Crippen LogP) is 3.50. The summed E-state index contributed by atoms with van der Waals surface area (Å²) in [6.07, 6.45) is -0.474. The number of carbonyl (C=O) groups is 2. The van der Waals surface area contributed by atoms with Crippen LogP contribution in [0.2, 0.25) is 0 Å². The van der Waals surface area contributed by atoms with Crippen LogP contribution in [0, 0.1) is 0 Å². The molecule has 3 aromatic rings. The van der Waals surface area contributed by atoms with Gasteiger partial charge in [0.15, 0.2) is 5.82 Å². The number of nitrogens with zero attached hydrogens (tertiary/aromatic N) is 7. The van der Waals surface area contributed by atoms with E-state index < -0.39 is 42.1 Å². The first-order chi connectivity index (χ1) is 23.2. The number of rotatable bonds is 8. The van der Waals surface area contributed by atoms with Crippen molar-refractivity contribution in [3.63, 3.8) is 0 Å². The molecule has 7 rings (SSSR count). The minimum atomic E-state index is -2.98. The summed E-state index contributed by atoms with van der Waals surface area (Å²) in [5, 5.41) is 11.9. The van der Waals surface area contributed by atoms with E-state index in [1.165, 1.54) is 23.3 Å². The number of aliphatic carboxylic acids is 1. The number of aromatic nitrogens is 4. The zero-order chi connectivity index (χ0) is 33.6. The van der Waals surface area contributed by atoms with E-state index in [1.807, 2.05) is 12.1 Å². The topological polar surface area (TPSA) is 153 Å². The molecule has 254 valence electrons. The Bertz CT molecular complexity index is 1720. The van der Waals surface area contributed by atoms with Gasteiger partial charge in [-0.1, -0.05) is 12.1 Å². The predicted molar refractivity (Wildman–Crippen MR) is 168 cm³/mol. The molecule has 0 bridgehead atoms. The summed E-state index contributed by atoms with van der Waals surface area (Å²) in [4.78, 5) is 47.2. The van der Waals surface area contributed by atoms with Gasteiger partial charge < -0.3 is 38.8 Å². The number of methoxy groups -OCH3 is 1. The second kappa shape index (κ2) is 12.9. The van der Waals surface area contributed by atoms with Crippen LogP contribution in [0.4, 0.5) is 25.2 Å². The fraction of sp³-hybridized carbons (Fsp3) is 0.484. The molecule has 3 aromatic heterocycles. The molecule has 48 heavy (non-hydrogen) atoms. The van der Waals surface area contributed by atoms with E-state index in [4.69, 9.17) is 23.9 Å². The standard InChI is InChI=1S/C31H33F2N7O7S/c1-17-31(15-45-16-31)46-8-7-39(17)21-10-19(18-5-6-38(13-18)30(43)44-2)12-34-27(21)47-20-11-22(28(41)42)40(14-20)29-36-25(23-4-3-9-48-23)35-26(37-29)24(32)33/h3-5,9-10,12,17,20,22,24H,6-8,11,13-16H2,1-2H3,(H,41,42)/t17-,20-,22-/m0/s1. The zero-order valence-corrected chi connectivity index (χ0v) is 26.9. The number of pyridine rings is 1. The minimum Gasteiger partial charge on any atom is -0.480 e. The summed E-state index contributed by atoms with van der Waals surface area (Å²) in [6, 6.07) is 4.15. The highest BCUT2D eigenvalue weighted by Gasteiger charge is 2.50. The number of anilines is 2. The van der Waals surface area contributed by atoms with Crippen molar-refractivity contribution in [2.75, 3.05) is 62.9 Å². The molecule has 14 nitrogen and oxygen atoms in total. The molecule has 3 saturated heterocycles. The average molecular weight is 686 g/mol. The maximum Gasteiger partial charge on any atom is 0.410 e. The van der Waals surface area contributed by atoms with Crippen molar-refractivity contribution < 1.29 is 42.4 Å². The number of hydrogen-bond donors (Lipinski definition) is 1. The largest absolute Gasteiger partial charge is 0.480 e. The smallest absolute Gasteiger partial charge is 0.410 e. The monoisotopic (exact) mass is 685 g/mol. The van der Waals surface area contributed by atoms with E-state index in [-0.39, 0.29) is 36.7 Å². The summed E-state index contributed by atoms with van der Waals surface area (Å²) < 4.78 is 50.8. The molecule has 0 aromatic carbocycles. The van der Waals surface area contributed by atoms with Crippen LogP contribution in [-0.4, -0.2) is 119 Å². The Morgan fingerprint density at radius 1 is 1.21 bits per heavy atom. The van der Waals surface area contributed by atoms with Crippen LogP contribution in [0.1, 0.15) is 31.2 Å². The van der Waals surface area contributed by atoms with Crippen molar-refractivity contribution in [3.05, 3.63) is 47.2 Å². The molecule has 1 N–H and O–H groups in total. The van der Waals surface area contributed by atoms with Crippen LogP contribution < -0.4 is 14.5 Å². The van der Waals surface area contributed by atoms with Gasteiger partial charge in [-0.05, 0) is 35.6 Å². The second-order valence-electron chi connectivity index (χ2n) is 12.0. The molecule has 0 radical (unpaired) electrons. The first-order valence-electron chi connectivity index (χ1n) is 15.4. The molecule has 0 aliphatic carbocycles. The van der Waals surface area contributed by atoms with Crippen molar-refractivity contribution >= 4 is 40.6 Å². The van der Waals surface area contributed by atoms with Gasteiger partial charge in [-0.2, -0.15) is 9.97 Å². The van der Waals surface area contributed by atoms with Gasteiger partial charge >= 0.3 is 12.1 Å². The SMILES string of the molecule is COC(=O)N1CC=C(c2cnc(O[C@H]3C[C@@H](C(=O)O)N(c4nc(-c5cccs5)nc(C(F)F)n4)C3)c(N3CCOC4(COC4)[C@@H]3C)c2)C1. The summed E-state index contributed by atoms with van der Waals surface area (Å²) in [7, 11) is 1.34. The molecule has 1 spiro atoms. The Labute approximate surface area is 277 Å². The summed E-state index contributed by atoms with van der Waals surface area (Å²) in [6.45, 7) is 4.70. The number of thiophene rings is 1. The highest BCUT2D eigenvalue weighted by Crippen LogP contribution is 2.40. The van der Waals surface area contributed by atoms with E-state index in [2.05, 4.69) is 26.8 Å². The number of morpholine rings is 1. The number of hydrogen-bond acceptors (Lipinski definition) is 13. The first kappa shape index (κ1) is 32.1. The number of amides is 1. The molecule has 7 heterocycles. The van der Waals surface area contributed by atoms with Crippen molar-refractivity contribution in [2.24, 2.45) is 0 Å². The molecule has 4 aliphatic rings. The number of halogens is 2. The molecule has 3 fully saturated rings. The lowest BCUT2D eigenvalue weighted by Crippen LogP contribution is -2.68. The van der Waals surface area contributed by atoms with Crippen LogP contribution in [0.25, 0.3) is 16.3 Å². The maximum atomic E-state index is 13.9. The van der Waals surface area contributed by atoms with E-state index >= 15 is 0 Å². The molecule has 0 unspecified atom stereocenters. The lowest BCUT2D eigenvalue weighted by molar-refractivity contribution is -0.228. The normalized spacial score (nSPS) is 23.4. The van der Waals surface area contributed by atoms with Crippen LogP contribution in [0.3, 0.4) is 0 Å². The highest BCUT2D eigenvalue weighted by atomic mass is 32.1. The number of ether oxygens (including phenoxy) is 4. The van der Waals surface area contributed by atoms with E-state index in [1.54, 1.807) is 28.6 Å². The number of carboxylic acid groups (broad SMARTS) is 1. The number of carbonyl (C=O) groups excluding carboxylic acids is 1. The first-order valence-corrected chi connectivity index (χ1v) is 16.3. The fourth-order valence-electron chi connectivity index (χ4n) is 6.47. The summed E-state index contributed by atoms with van der Waals surface area (Å²) >= 11 is 1.27. The van der Waals surface area contributed by atoms with Gasteiger partial charge in [0.25, 0.3) is 6.43 Å². The maximum absolute atomic E-state index is 13.9. The van der Waals surface area contributed by atoms with Crippen molar-refractivity contribution in [1.82, 2.24) is 24.8 Å². The molecule has 17 heteroatoms. The Morgan fingerprint density at radius 3 is 2.73 bits per heavy atom. The van der Waals surface area contributed by atoms with Gasteiger partial charge in [0.1, 0.15) is 23.4 Å². The van der Waals surface area contributed by atoms with Gasteiger partial charge in [-0.3, -0.25) is 0 Å². The van der Waals surface area contributed by atoms with Crippen LogP contribution >= 0.6 is 11.3 Å². The molecule has 1 amide bonds. The third kappa shape index (κ3) is 5.90. The highest BCUT2D eigenvalue weighted by molar-refractivity contribution is 7.13. The Morgan fingerprint density at radius 2 is 2.04 bits per heavy atom. The lowest BCUT2D eigenvalue weighted by atomic mass is 9.90. The quantitative estimate of drug-likeness (QED) is 0.369. The molecule has 3 atom stereocenters. The number of alkyl halides is 2. The Kier molecular flexibility index (Phi) is 8.59. The van der Waals surface area contributed by atoms with Crippen molar-refractivity contribution in [3.8, 4) is 16.6 Å². The Hall–Kier alpha value is -4.48.